The summed E-state index contributed by atoms with van der Waals surface area (Å²) in [5, 5.41) is 7.60. The summed E-state index contributed by atoms with van der Waals surface area (Å²) < 4.78 is 7.64. The number of aromatic nitrogens is 2. The van der Waals surface area contributed by atoms with Crippen LogP contribution in [-0.2, 0) is 31.5 Å². The Balaban J connectivity index is 1.83. The maximum atomic E-state index is 5.82. The van der Waals surface area contributed by atoms with Gasteiger partial charge in [0.25, 0.3) is 0 Å². The molecule has 1 aromatic carbocycles. The van der Waals surface area contributed by atoms with Crippen LogP contribution in [0.3, 0.4) is 0 Å². The van der Waals surface area contributed by atoms with Crippen molar-refractivity contribution in [3.63, 3.8) is 0 Å². The molecule has 0 aliphatic carbocycles. The lowest BCUT2D eigenvalue weighted by Gasteiger charge is -2.19. The SMILES string of the molecule is Cn1cc(CNCc2cccc(COC(C)(C)C)c2)cn1. The first-order chi connectivity index (χ1) is 9.92. The lowest BCUT2D eigenvalue weighted by Crippen LogP contribution is -2.18. The van der Waals surface area contributed by atoms with Crippen LogP contribution in [-0.4, -0.2) is 15.4 Å². The van der Waals surface area contributed by atoms with E-state index in [-0.39, 0.29) is 5.60 Å². The molecule has 1 heterocycles. The maximum Gasteiger partial charge on any atom is 0.0724 e. The largest absolute Gasteiger partial charge is 0.371 e. The van der Waals surface area contributed by atoms with Gasteiger partial charge in [0.05, 0.1) is 18.4 Å². The molecule has 0 atom stereocenters. The minimum Gasteiger partial charge on any atom is -0.371 e. The molecule has 0 aliphatic heterocycles. The number of aryl methyl sites for hydroxylation is 1. The van der Waals surface area contributed by atoms with Crippen LogP contribution in [0.5, 0.6) is 0 Å². The zero-order valence-corrected chi connectivity index (χ0v) is 13.4. The molecule has 0 radical (unpaired) electrons. The normalized spacial score (nSPS) is 11.8. The third-order valence-electron chi connectivity index (χ3n) is 3.08. The fourth-order valence-corrected chi connectivity index (χ4v) is 2.04. The van der Waals surface area contributed by atoms with E-state index in [1.807, 2.05) is 24.1 Å². The summed E-state index contributed by atoms with van der Waals surface area (Å²) in [7, 11) is 1.93. The highest BCUT2D eigenvalue weighted by molar-refractivity contribution is 5.23. The fraction of sp³-hybridized carbons (Fsp3) is 0.471. The second-order valence-corrected chi connectivity index (χ2v) is 6.35. The molecule has 0 spiro atoms. The van der Waals surface area contributed by atoms with E-state index in [0.717, 1.165) is 13.1 Å². The van der Waals surface area contributed by atoms with Gasteiger partial charge in [-0.1, -0.05) is 24.3 Å². The second kappa shape index (κ2) is 6.87. The summed E-state index contributed by atoms with van der Waals surface area (Å²) in [6.07, 6.45) is 3.92. The number of benzene rings is 1. The quantitative estimate of drug-likeness (QED) is 0.887. The van der Waals surface area contributed by atoms with Crippen LogP contribution in [0.25, 0.3) is 0 Å². The van der Waals surface area contributed by atoms with Gasteiger partial charge in [-0.2, -0.15) is 5.10 Å². The van der Waals surface area contributed by atoms with E-state index in [1.54, 1.807) is 0 Å². The molecule has 2 aromatic rings. The Morgan fingerprint density at radius 3 is 2.52 bits per heavy atom. The fourth-order valence-electron chi connectivity index (χ4n) is 2.04. The molecule has 21 heavy (non-hydrogen) atoms. The van der Waals surface area contributed by atoms with Crippen LogP contribution in [0.15, 0.2) is 36.7 Å². The summed E-state index contributed by atoms with van der Waals surface area (Å²) in [5.74, 6) is 0. The van der Waals surface area contributed by atoms with E-state index in [4.69, 9.17) is 4.74 Å². The Kier molecular flexibility index (Phi) is 5.15. The Bertz CT molecular complexity index is 569. The Morgan fingerprint density at radius 1 is 1.14 bits per heavy atom. The van der Waals surface area contributed by atoms with Crippen molar-refractivity contribution in [1.82, 2.24) is 15.1 Å². The van der Waals surface area contributed by atoms with Gasteiger partial charge in [-0.3, -0.25) is 4.68 Å². The predicted molar refractivity (Wildman–Crippen MR) is 84.7 cm³/mol. The van der Waals surface area contributed by atoms with Crippen LogP contribution in [0.4, 0.5) is 0 Å². The van der Waals surface area contributed by atoms with Gasteiger partial charge in [-0.05, 0) is 31.9 Å². The van der Waals surface area contributed by atoms with Gasteiger partial charge in [0.15, 0.2) is 0 Å². The minimum absolute atomic E-state index is 0.103. The number of hydrogen-bond acceptors (Lipinski definition) is 3. The molecule has 0 fully saturated rings. The Hall–Kier alpha value is -1.65. The molecule has 0 bridgehead atoms. The third kappa shape index (κ3) is 5.69. The average Bonchev–Trinajstić information content (AvgIpc) is 2.82. The molecule has 4 nitrogen and oxygen atoms in total. The molecule has 0 unspecified atom stereocenters. The molecule has 114 valence electrons. The average molecular weight is 287 g/mol. The highest BCUT2D eigenvalue weighted by atomic mass is 16.5. The van der Waals surface area contributed by atoms with Crippen molar-refractivity contribution < 1.29 is 4.74 Å². The van der Waals surface area contributed by atoms with Gasteiger partial charge in [0, 0.05) is 31.9 Å². The zero-order chi connectivity index (χ0) is 15.3. The molecule has 0 amide bonds. The van der Waals surface area contributed by atoms with Crippen molar-refractivity contribution in [2.45, 2.75) is 46.1 Å². The smallest absolute Gasteiger partial charge is 0.0724 e. The molecule has 1 N–H and O–H groups in total. The lowest BCUT2D eigenvalue weighted by atomic mass is 10.1. The van der Waals surface area contributed by atoms with Crippen LogP contribution in [0.1, 0.15) is 37.5 Å². The predicted octanol–water partition coefficient (Wildman–Crippen LogP) is 3.03. The first-order valence-corrected chi connectivity index (χ1v) is 7.32. The van der Waals surface area contributed by atoms with Crippen molar-refractivity contribution in [1.29, 1.82) is 0 Å². The molecule has 0 saturated heterocycles. The lowest BCUT2D eigenvalue weighted by molar-refractivity contribution is -0.0149. The first-order valence-electron chi connectivity index (χ1n) is 7.32. The standard InChI is InChI=1S/C17H25N3O/c1-17(2,3)21-13-15-7-5-6-14(8-15)9-18-10-16-11-19-20(4)12-16/h5-8,11-12,18H,9-10,13H2,1-4H3. The monoisotopic (exact) mass is 287 g/mol. The Morgan fingerprint density at radius 2 is 1.86 bits per heavy atom. The molecular weight excluding hydrogens is 262 g/mol. The van der Waals surface area contributed by atoms with Gasteiger partial charge >= 0.3 is 0 Å². The summed E-state index contributed by atoms with van der Waals surface area (Å²) in [6.45, 7) is 8.56. The Labute approximate surface area is 127 Å². The van der Waals surface area contributed by atoms with Crippen molar-refractivity contribution in [2.24, 2.45) is 7.05 Å². The number of rotatable bonds is 6. The number of ether oxygens (including phenoxy) is 1. The molecule has 0 saturated carbocycles. The van der Waals surface area contributed by atoms with E-state index < -0.39 is 0 Å². The van der Waals surface area contributed by atoms with Crippen molar-refractivity contribution in [2.75, 3.05) is 0 Å². The minimum atomic E-state index is -0.103. The summed E-state index contributed by atoms with van der Waals surface area (Å²) in [6, 6.07) is 8.53. The maximum absolute atomic E-state index is 5.82. The van der Waals surface area contributed by atoms with E-state index >= 15 is 0 Å². The zero-order valence-electron chi connectivity index (χ0n) is 13.4. The second-order valence-electron chi connectivity index (χ2n) is 6.35. The summed E-state index contributed by atoms with van der Waals surface area (Å²) >= 11 is 0. The topological polar surface area (TPSA) is 39.1 Å². The van der Waals surface area contributed by atoms with Gasteiger partial charge in [-0.25, -0.2) is 0 Å². The molecule has 2 rings (SSSR count). The van der Waals surface area contributed by atoms with E-state index in [0.29, 0.717) is 6.61 Å². The van der Waals surface area contributed by atoms with Crippen LogP contribution in [0.2, 0.25) is 0 Å². The van der Waals surface area contributed by atoms with Gasteiger partial charge in [0.2, 0.25) is 0 Å². The van der Waals surface area contributed by atoms with Crippen LogP contribution in [0, 0.1) is 0 Å². The van der Waals surface area contributed by atoms with Crippen LogP contribution >= 0.6 is 0 Å². The highest BCUT2D eigenvalue weighted by Gasteiger charge is 2.10. The third-order valence-corrected chi connectivity index (χ3v) is 3.08. The number of hydrogen-bond donors (Lipinski definition) is 1. The molecule has 1 aromatic heterocycles. The van der Waals surface area contributed by atoms with Gasteiger partial charge in [0.1, 0.15) is 0 Å². The highest BCUT2D eigenvalue weighted by Crippen LogP contribution is 2.13. The molecular formula is C17H25N3O. The van der Waals surface area contributed by atoms with Crippen molar-refractivity contribution >= 4 is 0 Å². The summed E-state index contributed by atoms with van der Waals surface area (Å²) in [5.41, 5.74) is 3.58. The molecule has 4 heteroatoms. The number of nitrogens with one attached hydrogen (secondary N) is 1. The van der Waals surface area contributed by atoms with E-state index in [1.165, 1.54) is 16.7 Å². The van der Waals surface area contributed by atoms with Gasteiger partial charge < -0.3 is 10.1 Å². The van der Waals surface area contributed by atoms with E-state index in [9.17, 15) is 0 Å². The van der Waals surface area contributed by atoms with E-state index in [2.05, 4.69) is 55.5 Å². The van der Waals surface area contributed by atoms with Crippen molar-refractivity contribution in [3.8, 4) is 0 Å². The number of nitrogens with zero attached hydrogens (tertiary/aromatic N) is 2. The van der Waals surface area contributed by atoms with Crippen LogP contribution < -0.4 is 5.32 Å². The summed E-state index contributed by atoms with van der Waals surface area (Å²) in [4.78, 5) is 0. The van der Waals surface area contributed by atoms with Gasteiger partial charge in [-0.15, -0.1) is 0 Å². The van der Waals surface area contributed by atoms with Crippen molar-refractivity contribution in [3.05, 3.63) is 53.3 Å². The molecule has 0 aliphatic rings. The first kappa shape index (κ1) is 15.7.